The minimum absolute atomic E-state index is 0.0158. The molecule has 0 saturated carbocycles. The lowest BCUT2D eigenvalue weighted by atomic mass is 10.1. The SMILES string of the molecule is CC(C)CCC(=O)N([C@@H](CCNC(=O)c1ccccc1)C(=O)NOCc1ccccc1)N(CC(C)C)C(=O)Cn1ccnc1. The van der Waals surface area contributed by atoms with Gasteiger partial charge in [0, 0.05) is 37.5 Å². The number of hydrazine groups is 1. The number of hydrogen-bond donors (Lipinski definition) is 2. The summed E-state index contributed by atoms with van der Waals surface area (Å²) in [6.07, 6.45) is 5.51. The van der Waals surface area contributed by atoms with Crippen LogP contribution in [0.25, 0.3) is 0 Å². The third-order valence-corrected chi connectivity index (χ3v) is 6.75. The molecule has 44 heavy (non-hydrogen) atoms. The van der Waals surface area contributed by atoms with Gasteiger partial charge in [0.1, 0.15) is 12.6 Å². The van der Waals surface area contributed by atoms with Crippen LogP contribution in [0.1, 0.15) is 62.9 Å². The number of amides is 4. The Hall–Kier alpha value is -4.51. The number of imidazole rings is 1. The zero-order chi connectivity index (χ0) is 31.9. The van der Waals surface area contributed by atoms with Gasteiger partial charge in [-0.1, -0.05) is 76.2 Å². The van der Waals surface area contributed by atoms with E-state index >= 15 is 0 Å². The molecular weight excluding hydrogens is 560 g/mol. The van der Waals surface area contributed by atoms with Gasteiger partial charge in [0.05, 0.1) is 12.9 Å². The second-order valence-electron chi connectivity index (χ2n) is 11.4. The second kappa shape index (κ2) is 17.6. The minimum Gasteiger partial charge on any atom is -0.352 e. The number of hydrogen-bond acceptors (Lipinski definition) is 6. The summed E-state index contributed by atoms with van der Waals surface area (Å²) in [4.78, 5) is 63.9. The monoisotopic (exact) mass is 604 g/mol. The van der Waals surface area contributed by atoms with E-state index in [-0.39, 0.29) is 68.6 Å². The van der Waals surface area contributed by atoms with Crippen LogP contribution < -0.4 is 10.8 Å². The van der Waals surface area contributed by atoms with Crippen molar-refractivity contribution >= 4 is 23.6 Å². The quantitative estimate of drug-likeness (QED) is 0.238. The number of nitrogens with one attached hydrogen (secondary N) is 2. The molecule has 11 heteroatoms. The Labute approximate surface area is 259 Å². The third-order valence-electron chi connectivity index (χ3n) is 6.75. The second-order valence-corrected chi connectivity index (χ2v) is 11.4. The van der Waals surface area contributed by atoms with Gasteiger partial charge >= 0.3 is 0 Å². The highest BCUT2D eigenvalue weighted by molar-refractivity contribution is 5.94. The van der Waals surface area contributed by atoms with E-state index in [0.717, 1.165) is 5.56 Å². The fraction of sp³-hybridized carbons (Fsp3) is 0.424. The Morgan fingerprint density at radius 2 is 1.57 bits per heavy atom. The number of aromatic nitrogens is 2. The molecule has 0 fully saturated rings. The van der Waals surface area contributed by atoms with Crippen LogP contribution in [0.15, 0.2) is 79.4 Å². The van der Waals surface area contributed by atoms with Gasteiger partial charge in [0.2, 0.25) is 5.91 Å². The molecular formula is C33H44N6O5. The normalized spacial score (nSPS) is 11.7. The van der Waals surface area contributed by atoms with E-state index < -0.39 is 11.9 Å². The topological polar surface area (TPSA) is 126 Å². The lowest BCUT2D eigenvalue weighted by Crippen LogP contribution is -2.60. The first-order chi connectivity index (χ1) is 21.2. The van der Waals surface area contributed by atoms with Crippen molar-refractivity contribution in [3.8, 4) is 0 Å². The molecule has 1 atom stereocenters. The molecule has 2 aromatic carbocycles. The molecule has 236 valence electrons. The zero-order valence-electron chi connectivity index (χ0n) is 26.0. The highest BCUT2D eigenvalue weighted by Gasteiger charge is 2.37. The fourth-order valence-electron chi connectivity index (χ4n) is 4.49. The summed E-state index contributed by atoms with van der Waals surface area (Å²) in [6, 6.07) is 16.9. The van der Waals surface area contributed by atoms with Gasteiger partial charge in [0.25, 0.3) is 17.7 Å². The molecule has 0 aliphatic carbocycles. The van der Waals surface area contributed by atoms with Crippen molar-refractivity contribution in [3.05, 3.63) is 90.5 Å². The summed E-state index contributed by atoms with van der Waals surface area (Å²) >= 11 is 0. The molecule has 3 rings (SSSR count). The van der Waals surface area contributed by atoms with E-state index in [9.17, 15) is 19.2 Å². The Morgan fingerprint density at radius 1 is 0.886 bits per heavy atom. The lowest BCUT2D eigenvalue weighted by Gasteiger charge is -2.40. The van der Waals surface area contributed by atoms with Crippen molar-refractivity contribution in [2.45, 2.75) is 66.2 Å². The van der Waals surface area contributed by atoms with Crippen LogP contribution in [0.2, 0.25) is 0 Å². The molecule has 2 N–H and O–H groups in total. The van der Waals surface area contributed by atoms with Crippen molar-refractivity contribution in [1.29, 1.82) is 0 Å². The summed E-state index contributed by atoms with van der Waals surface area (Å²) in [5, 5.41) is 5.49. The number of nitrogens with zero attached hydrogens (tertiary/aromatic N) is 4. The van der Waals surface area contributed by atoms with Crippen LogP contribution in [0.5, 0.6) is 0 Å². The summed E-state index contributed by atoms with van der Waals surface area (Å²) in [6.45, 7) is 8.21. The van der Waals surface area contributed by atoms with E-state index in [0.29, 0.717) is 12.0 Å². The Morgan fingerprint density at radius 3 is 2.18 bits per heavy atom. The van der Waals surface area contributed by atoms with Gasteiger partial charge in [-0.2, -0.15) is 0 Å². The molecule has 0 unspecified atom stereocenters. The molecule has 0 spiro atoms. The van der Waals surface area contributed by atoms with Crippen molar-refractivity contribution < 1.29 is 24.0 Å². The number of rotatable bonds is 16. The number of hydroxylamine groups is 1. The van der Waals surface area contributed by atoms with Crippen LogP contribution in [0.4, 0.5) is 0 Å². The van der Waals surface area contributed by atoms with Crippen LogP contribution in [0.3, 0.4) is 0 Å². The van der Waals surface area contributed by atoms with Gasteiger partial charge in [-0.15, -0.1) is 0 Å². The zero-order valence-corrected chi connectivity index (χ0v) is 26.0. The summed E-state index contributed by atoms with van der Waals surface area (Å²) in [5.41, 5.74) is 3.82. The Balaban J connectivity index is 1.91. The predicted octanol–water partition coefficient (Wildman–Crippen LogP) is 3.98. The van der Waals surface area contributed by atoms with Gasteiger partial charge in [-0.3, -0.25) is 24.0 Å². The van der Waals surface area contributed by atoms with Gasteiger partial charge < -0.3 is 9.88 Å². The van der Waals surface area contributed by atoms with E-state index in [2.05, 4.69) is 15.8 Å². The number of carbonyl (C=O) groups excluding carboxylic acids is 4. The smallest absolute Gasteiger partial charge is 0.268 e. The molecule has 0 bridgehead atoms. The van der Waals surface area contributed by atoms with Gasteiger partial charge in [-0.25, -0.2) is 20.5 Å². The first-order valence-corrected chi connectivity index (χ1v) is 15.0. The van der Waals surface area contributed by atoms with Crippen molar-refractivity contribution in [2.24, 2.45) is 11.8 Å². The Kier molecular flexibility index (Phi) is 13.6. The van der Waals surface area contributed by atoms with Gasteiger partial charge in [-0.05, 0) is 42.4 Å². The molecule has 0 aliphatic heterocycles. The third kappa shape index (κ3) is 11.0. The van der Waals surface area contributed by atoms with E-state index in [4.69, 9.17) is 4.84 Å². The molecule has 3 aromatic rings. The maximum Gasteiger partial charge on any atom is 0.268 e. The Bertz CT molecular complexity index is 1310. The summed E-state index contributed by atoms with van der Waals surface area (Å²) < 4.78 is 1.62. The highest BCUT2D eigenvalue weighted by atomic mass is 16.7. The minimum atomic E-state index is -1.15. The molecule has 0 saturated heterocycles. The first-order valence-electron chi connectivity index (χ1n) is 15.0. The van der Waals surface area contributed by atoms with Crippen LogP contribution in [0, 0.1) is 11.8 Å². The molecule has 0 aliphatic rings. The first kappa shape index (κ1) is 34.0. The number of benzene rings is 2. The predicted molar refractivity (Wildman–Crippen MR) is 166 cm³/mol. The molecule has 0 radical (unpaired) electrons. The van der Waals surface area contributed by atoms with E-state index in [1.807, 2.05) is 64.1 Å². The summed E-state index contributed by atoms with van der Waals surface area (Å²) in [5.74, 6) is -1.43. The van der Waals surface area contributed by atoms with E-state index in [1.165, 1.54) is 16.3 Å². The average molecular weight is 605 g/mol. The maximum atomic E-state index is 13.9. The van der Waals surface area contributed by atoms with Crippen molar-refractivity contribution in [2.75, 3.05) is 13.1 Å². The average Bonchev–Trinajstić information content (AvgIpc) is 3.52. The fourth-order valence-corrected chi connectivity index (χ4v) is 4.49. The standard InChI is InChI=1S/C33H44N6O5/c1-25(2)15-16-30(40)39(38(21-26(3)4)31(41)22-37-20-19-34-24-37)29(17-18-35-32(42)28-13-9-6-10-14-28)33(43)36-44-23-27-11-7-5-8-12-27/h5-14,19-20,24-26,29H,15-18,21-23H2,1-4H3,(H,35,42)(H,36,43)/t29-/m0/s1. The lowest BCUT2D eigenvalue weighted by molar-refractivity contribution is -0.177. The van der Waals surface area contributed by atoms with Crippen LogP contribution in [-0.4, -0.2) is 62.3 Å². The van der Waals surface area contributed by atoms with Crippen molar-refractivity contribution in [3.63, 3.8) is 0 Å². The van der Waals surface area contributed by atoms with Crippen molar-refractivity contribution in [1.82, 2.24) is 30.4 Å². The number of carbonyl (C=O) groups is 4. The van der Waals surface area contributed by atoms with Crippen LogP contribution in [-0.2, 0) is 32.4 Å². The molecule has 4 amide bonds. The molecule has 11 nitrogen and oxygen atoms in total. The molecule has 1 heterocycles. The van der Waals surface area contributed by atoms with E-state index in [1.54, 1.807) is 41.2 Å². The van der Waals surface area contributed by atoms with Crippen LogP contribution >= 0.6 is 0 Å². The maximum absolute atomic E-state index is 13.9. The highest BCUT2D eigenvalue weighted by Crippen LogP contribution is 2.18. The largest absolute Gasteiger partial charge is 0.352 e. The summed E-state index contributed by atoms with van der Waals surface area (Å²) in [7, 11) is 0. The molecule has 1 aromatic heterocycles. The van der Waals surface area contributed by atoms with Gasteiger partial charge in [0.15, 0.2) is 0 Å².